The number of anilines is 3. The van der Waals surface area contributed by atoms with Gasteiger partial charge >= 0.3 is 0 Å². The molecule has 2 N–H and O–H groups in total. The van der Waals surface area contributed by atoms with Crippen LogP contribution in [0.15, 0.2) is 46.9 Å². The Labute approximate surface area is 229 Å². The van der Waals surface area contributed by atoms with Crippen LogP contribution in [0.4, 0.5) is 17.6 Å². The highest BCUT2D eigenvalue weighted by atomic mass is 35.5. The van der Waals surface area contributed by atoms with E-state index in [1.807, 2.05) is 36.4 Å². The Morgan fingerprint density at radius 1 is 0.973 bits per heavy atom. The van der Waals surface area contributed by atoms with E-state index in [1.54, 1.807) is 0 Å². The van der Waals surface area contributed by atoms with Crippen LogP contribution in [0, 0.1) is 11.8 Å². The molecule has 1 aromatic carbocycles. The lowest BCUT2D eigenvalue weighted by atomic mass is 9.92. The summed E-state index contributed by atoms with van der Waals surface area (Å²) in [5.74, 6) is 5.33. The second kappa shape index (κ2) is 11.7. The summed E-state index contributed by atoms with van der Waals surface area (Å²) in [6.45, 7) is 9.18. The van der Waals surface area contributed by atoms with Crippen LogP contribution in [0.2, 0.25) is 5.02 Å². The summed E-state index contributed by atoms with van der Waals surface area (Å²) >= 11 is 11.6. The molecule has 2 aliphatic rings. The second-order valence-corrected chi connectivity index (χ2v) is 11.2. The van der Waals surface area contributed by atoms with Gasteiger partial charge in [0, 0.05) is 42.8 Å². The molecule has 2 atom stereocenters. The maximum Gasteiger partial charge on any atom is 0.232 e. The van der Waals surface area contributed by atoms with E-state index in [0.29, 0.717) is 34.5 Å². The third-order valence-electron chi connectivity index (χ3n) is 7.01. The molecule has 0 radical (unpaired) electrons. The van der Waals surface area contributed by atoms with Gasteiger partial charge in [-0.1, -0.05) is 25.4 Å². The molecule has 2 aliphatic heterocycles. The fraction of sp³-hybridized carbons (Fsp3) is 0.464. The summed E-state index contributed by atoms with van der Waals surface area (Å²) in [5, 5.41) is 7.62. The van der Waals surface area contributed by atoms with Gasteiger partial charge in [0.25, 0.3) is 0 Å². The number of aromatic nitrogens is 2. The lowest BCUT2D eigenvalue weighted by Crippen LogP contribution is -2.40. The van der Waals surface area contributed by atoms with Gasteiger partial charge in [-0.15, -0.1) is 0 Å². The van der Waals surface area contributed by atoms with Crippen molar-refractivity contribution in [3.63, 3.8) is 0 Å². The fourth-order valence-corrected chi connectivity index (χ4v) is 5.62. The molecule has 2 fully saturated rings. The normalized spacial score (nSPS) is 20.1. The molecule has 3 aromatic rings. The van der Waals surface area contributed by atoms with Gasteiger partial charge in [-0.25, -0.2) is 0 Å². The van der Waals surface area contributed by atoms with Crippen molar-refractivity contribution in [2.45, 2.75) is 46.1 Å². The lowest BCUT2D eigenvalue weighted by molar-refractivity contribution is 0.355. The van der Waals surface area contributed by atoms with Gasteiger partial charge in [0.2, 0.25) is 5.95 Å². The summed E-state index contributed by atoms with van der Waals surface area (Å²) < 4.78 is 5.99. The molecule has 5 rings (SSSR count). The third-order valence-corrected chi connectivity index (χ3v) is 7.51. The van der Waals surface area contributed by atoms with Crippen LogP contribution in [0.25, 0.3) is 11.3 Å². The van der Waals surface area contributed by atoms with E-state index in [1.165, 1.54) is 25.7 Å². The average Bonchev–Trinajstić information content (AvgIpc) is 3.37. The van der Waals surface area contributed by atoms with E-state index in [9.17, 15) is 0 Å². The molecular formula is C28H35ClN6OS. The standard InChI is InChI=1S/C28H35ClN6OS/c1-19-14-20(2)18-35(17-19)26-15-25(34-12-4-3-5-13-34)31-27(32-26)33-28(37)30-16-23-10-11-24(36-23)21-6-8-22(29)9-7-21/h6-11,15,19-20H,3-5,12-14,16-18H2,1-2H3,(H2,30,31,32,33,37). The molecule has 0 amide bonds. The molecule has 7 nitrogen and oxygen atoms in total. The summed E-state index contributed by atoms with van der Waals surface area (Å²) in [7, 11) is 0. The number of hydrogen-bond acceptors (Lipinski definition) is 6. The maximum absolute atomic E-state index is 6.00. The van der Waals surface area contributed by atoms with Crippen molar-refractivity contribution in [3.05, 3.63) is 53.2 Å². The topological polar surface area (TPSA) is 69.5 Å². The number of nitrogens with one attached hydrogen (secondary N) is 2. The molecule has 2 unspecified atom stereocenters. The number of hydrogen-bond donors (Lipinski definition) is 2. The first-order chi connectivity index (χ1) is 17.9. The lowest BCUT2D eigenvalue weighted by Gasteiger charge is -2.36. The van der Waals surface area contributed by atoms with Gasteiger partial charge in [0.05, 0.1) is 6.54 Å². The van der Waals surface area contributed by atoms with Crippen molar-refractivity contribution >= 4 is 46.5 Å². The Morgan fingerprint density at radius 3 is 2.35 bits per heavy atom. The molecule has 2 aromatic heterocycles. The van der Waals surface area contributed by atoms with E-state index >= 15 is 0 Å². The van der Waals surface area contributed by atoms with Crippen molar-refractivity contribution in [2.24, 2.45) is 11.8 Å². The van der Waals surface area contributed by atoms with Crippen molar-refractivity contribution in [3.8, 4) is 11.3 Å². The predicted molar refractivity (Wildman–Crippen MR) is 155 cm³/mol. The van der Waals surface area contributed by atoms with Crippen molar-refractivity contribution in [2.75, 3.05) is 41.3 Å². The molecule has 2 saturated heterocycles. The van der Waals surface area contributed by atoms with Gasteiger partial charge in [-0.3, -0.25) is 0 Å². The number of halogens is 1. The highest BCUT2D eigenvalue weighted by molar-refractivity contribution is 7.80. The van der Waals surface area contributed by atoms with Gasteiger partial charge in [0.1, 0.15) is 23.2 Å². The summed E-state index contributed by atoms with van der Waals surface area (Å²) in [6.07, 6.45) is 4.93. The van der Waals surface area contributed by atoms with Crippen LogP contribution in [0.5, 0.6) is 0 Å². The molecule has 0 bridgehead atoms. The highest BCUT2D eigenvalue weighted by Gasteiger charge is 2.25. The monoisotopic (exact) mass is 538 g/mol. The first-order valence-corrected chi connectivity index (χ1v) is 14.0. The molecule has 0 spiro atoms. The van der Waals surface area contributed by atoms with E-state index in [0.717, 1.165) is 54.9 Å². The average molecular weight is 539 g/mol. The molecule has 9 heteroatoms. The molecule has 196 valence electrons. The van der Waals surface area contributed by atoms with Crippen molar-refractivity contribution in [1.29, 1.82) is 0 Å². The smallest absolute Gasteiger partial charge is 0.232 e. The maximum atomic E-state index is 6.00. The Bertz CT molecular complexity index is 1200. The minimum Gasteiger partial charge on any atom is -0.459 e. The molecule has 37 heavy (non-hydrogen) atoms. The van der Waals surface area contributed by atoms with Crippen molar-refractivity contribution in [1.82, 2.24) is 15.3 Å². The van der Waals surface area contributed by atoms with Gasteiger partial charge in [0.15, 0.2) is 5.11 Å². The van der Waals surface area contributed by atoms with E-state index < -0.39 is 0 Å². The molecule has 0 saturated carbocycles. The van der Waals surface area contributed by atoms with E-state index in [-0.39, 0.29) is 0 Å². The second-order valence-electron chi connectivity index (χ2n) is 10.4. The van der Waals surface area contributed by atoms with Gasteiger partial charge < -0.3 is 24.9 Å². The Kier molecular flexibility index (Phi) is 8.15. The number of piperidine rings is 2. The Morgan fingerprint density at radius 2 is 1.65 bits per heavy atom. The molecular weight excluding hydrogens is 504 g/mol. The van der Waals surface area contributed by atoms with Crippen LogP contribution < -0.4 is 20.4 Å². The third kappa shape index (κ3) is 6.73. The zero-order valence-corrected chi connectivity index (χ0v) is 23.1. The summed E-state index contributed by atoms with van der Waals surface area (Å²) in [6, 6.07) is 13.6. The zero-order chi connectivity index (χ0) is 25.8. The number of benzene rings is 1. The zero-order valence-electron chi connectivity index (χ0n) is 21.5. The fourth-order valence-electron chi connectivity index (χ4n) is 5.33. The van der Waals surface area contributed by atoms with Crippen molar-refractivity contribution < 1.29 is 4.42 Å². The van der Waals surface area contributed by atoms with Gasteiger partial charge in [-0.2, -0.15) is 9.97 Å². The van der Waals surface area contributed by atoms with Crippen LogP contribution in [-0.4, -0.2) is 41.3 Å². The van der Waals surface area contributed by atoms with Crippen LogP contribution in [0.3, 0.4) is 0 Å². The number of thiocarbonyl (C=S) groups is 1. The quantitative estimate of drug-likeness (QED) is 0.352. The Hall–Kier alpha value is -2.84. The first-order valence-electron chi connectivity index (χ1n) is 13.2. The minimum absolute atomic E-state index is 0.458. The van der Waals surface area contributed by atoms with Crippen LogP contribution >= 0.6 is 23.8 Å². The van der Waals surface area contributed by atoms with Crippen LogP contribution in [0.1, 0.15) is 45.3 Å². The Balaban J connectivity index is 1.27. The minimum atomic E-state index is 0.458. The predicted octanol–water partition coefficient (Wildman–Crippen LogP) is 6.35. The van der Waals surface area contributed by atoms with Gasteiger partial charge in [-0.05, 0) is 86.1 Å². The number of furan rings is 1. The summed E-state index contributed by atoms with van der Waals surface area (Å²) in [5.41, 5.74) is 0.980. The summed E-state index contributed by atoms with van der Waals surface area (Å²) in [4.78, 5) is 14.5. The van der Waals surface area contributed by atoms with Crippen LogP contribution in [-0.2, 0) is 6.54 Å². The number of rotatable bonds is 6. The molecule has 4 heterocycles. The SMILES string of the molecule is CC1CC(C)CN(c2cc(N3CCCCC3)nc(NC(=S)NCc3ccc(-c4ccc(Cl)cc4)o3)n2)C1. The molecule has 0 aliphatic carbocycles. The first kappa shape index (κ1) is 25.8. The number of nitrogens with zero attached hydrogens (tertiary/aromatic N) is 4. The van der Waals surface area contributed by atoms with E-state index in [4.69, 9.17) is 38.2 Å². The largest absolute Gasteiger partial charge is 0.459 e. The van der Waals surface area contributed by atoms with E-state index in [2.05, 4.69) is 40.3 Å². The highest BCUT2D eigenvalue weighted by Crippen LogP contribution is 2.29.